The van der Waals surface area contributed by atoms with Crippen molar-refractivity contribution >= 4 is 34.4 Å². The van der Waals surface area contributed by atoms with Crippen LogP contribution in [0.4, 0.5) is 25.8 Å². The van der Waals surface area contributed by atoms with Gasteiger partial charge in [-0.3, -0.25) is 19.7 Å². The number of imide groups is 1. The maximum absolute atomic E-state index is 14.4. The summed E-state index contributed by atoms with van der Waals surface area (Å²) in [6, 6.07) is 14.4. The minimum atomic E-state index is -0.951. The number of anilines is 2. The van der Waals surface area contributed by atoms with Crippen LogP contribution < -0.4 is 10.2 Å². The zero-order chi connectivity index (χ0) is 23.0. The average molecular weight is 435 g/mol. The third kappa shape index (κ3) is 3.71. The fraction of sp³-hybridized carbons (Fsp3) is 0.0435. The number of rotatable bonds is 5. The van der Waals surface area contributed by atoms with Gasteiger partial charge in [-0.25, -0.2) is 13.7 Å². The number of nitro groups is 1. The molecule has 0 unspecified atom stereocenters. The van der Waals surface area contributed by atoms with E-state index in [1.54, 1.807) is 24.3 Å². The van der Waals surface area contributed by atoms with E-state index < -0.39 is 34.1 Å². The van der Waals surface area contributed by atoms with Crippen molar-refractivity contribution in [3.63, 3.8) is 0 Å². The lowest BCUT2D eigenvalue weighted by atomic mass is 10.0. The fourth-order valence-corrected chi connectivity index (χ4v) is 3.32. The highest BCUT2D eigenvalue weighted by Crippen LogP contribution is 2.35. The van der Waals surface area contributed by atoms with Crippen LogP contribution in [0.2, 0.25) is 0 Å². The molecule has 9 heteroatoms. The number of amides is 2. The molecule has 2 amide bonds. The molecule has 3 aromatic rings. The van der Waals surface area contributed by atoms with E-state index in [-0.39, 0.29) is 22.5 Å². The molecule has 1 aliphatic rings. The van der Waals surface area contributed by atoms with Crippen LogP contribution in [0.5, 0.6) is 0 Å². The summed E-state index contributed by atoms with van der Waals surface area (Å²) in [7, 11) is 0. The van der Waals surface area contributed by atoms with Gasteiger partial charge >= 0.3 is 0 Å². The third-order valence-electron chi connectivity index (χ3n) is 4.92. The summed E-state index contributed by atoms with van der Waals surface area (Å²) in [5.41, 5.74) is 0.672. The van der Waals surface area contributed by atoms with Crippen LogP contribution in [-0.2, 0) is 9.59 Å². The predicted octanol–water partition coefficient (Wildman–Crippen LogP) is 4.58. The topological polar surface area (TPSA) is 92.6 Å². The second kappa shape index (κ2) is 8.03. The van der Waals surface area contributed by atoms with Crippen LogP contribution in [-0.4, -0.2) is 16.7 Å². The molecular weight excluding hydrogens is 420 g/mol. The summed E-state index contributed by atoms with van der Waals surface area (Å²) in [5, 5.41) is 13.8. The minimum absolute atomic E-state index is 0.117. The molecular formula is C23H15F2N3O4. The number of carbonyl (C=O) groups excluding carboxylic acids is 2. The van der Waals surface area contributed by atoms with Gasteiger partial charge in [0.05, 0.1) is 16.2 Å². The number of non-ortho nitro benzene ring substituents is 1. The molecule has 160 valence electrons. The number of nitrogens with zero attached hydrogens (tertiary/aromatic N) is 2. The first-order chi connectivity index (χ1) is 15.3. The van der Waals surface area contributed by atoms with Gasteiger partial charge < -0.3 is 5.32 Å². The zero-order valence-electron chi connectivity index (χ0n) is 16.6. The first kappa shape index (κ1) is 20.9. The highest BCUT2D eigenvalue weighted by molar-refractivity contribution is 6.46. The van der Waals surface area contributed by atoms with Crippen LogP contribution in [0.25, 0.3) is 5.57 Å². The Morgan fingerprint density at radius 2 is 1.56 bits per heavy atom. The van der Waals surface area contributed by atoms with Gasteiger partial charge in [-0.05, 0) is 48.9 Å². The van der Waals surface area contributed by atoms with Gasteiger partial charge in [-0.15, -0.1) is 0 Å². The summed E-state index contributed by atoms with van der Waals surface area (Å²) in [6.45, 7) is 1.88. The van der Waals surface area contributed by atoms with E-state index in [4.69, 9.17) is 0 Å². The van der Waals surface area contributed by atoms with Crippen LogP contribution >= 0.6 is 0 Å². The van der Waals surface area contributed by atoms with Crippen molar-refractivity contribution in [1.29, 1.82) is 0 Å². The predicted molar refractivity (Wildman–Crippen MR) is 114 cm³/mol. The van der Waals surface area contributed by atoms with Crippen molar-refractivity contribution < 1.29 is 23.3 Å². The molecule has 1 aliphatic heterocycles. The number of benzene rings is 3. The summed E-state index contributed by atoms with van der Waals surface area (Å²) >= 11 is 0. The normalized spacial score (nSPS) is 13.7. The van der Waals surface area contributed by atoms with Gasteiger partial charge in [-0.1, -0.05) is 17.7 Å². The monoisotopic (exact) mass is 435 g/mol. The molecule has 0 saturated carbocycles. The van der Waals surface area contributed by atoms with E-state index in [1.165, 1.54) is 24.3 Å². The van der Waals surface area contributed by atoms with Crippen molar-refractivity contribution in [2.75, 3.05) is 10.2 Å². The van der Waals surface area contributed by atoms with Gasteiger partial charge in [0.2, 0.25) is 0 Å². The third-order valence-corrected chi connectivity index (χ3v) is 4.92. The molecule has 3 aromatic carbocycles. The fourth-order valence-electron chi connectivity index (χ4n) is 3.32. The van der Waals surface area contributed by atoms with E-state index >= 15 is 0 Å². The standard InChI is InChI=1S/C23H15F2N3O4/c1-13-2-7-16(8-3-13)26-21-20(14-4-9-17(10-5-14)28(31)32)22(29)27(23(21)30)19-12-15(24)6-11-18(19)25/h2-12,26H,1H3. The lowest BCUT2D eigenvalue weighted by Gasteiger charge is -2.16. The molecule has 0 bridgehead atoms. The Bertz CT molecular complexity index is 1290. The number of carbonyl (C=O) groups is 2. The molecule has 0 aliphatic carbocycles. The van der Waals surface area contributed by atoms with Crippen molar-refractivity contribution in [2.24, 2.45) is 0 Å². The second-order valence-electron chi connectivity index (χ2n) is 7.09. The highest BCUT2D eigenvalue weighted by atomic mass is 19.1. The average Bonchev–Trinajstić information content (AvgIpc) is 3.01. The van der Waals surface area contributed by atoms with Crippen LogP contribution in [0.3, 0.4) is 0 Å². The van der Waals surface area contributed by atoms with Crippen molar-refractivity contribution in [1.82, 2.24) is 0 Å². The maximum Gasteiger partial charge on any atom is 0.282 e. The number of aryl methyl sites for hydroxylation is 1. The summed E-state index contributed by atoms with van der Waals surface area (Å²) < 4.78 is 28.2. The molecule has 32 heavy (non-hydrogen) atoms. The Morgan fingerprint density at radius 1 is 0.906 bits per heavy atom. The van der Waals surface area contributed by atoms with Crippen LogP contribution in [0, 0.1) is 28.7 Å². The van der Waals surface area contributed by atoms with Crippen LogP contribution in [0.15, 0.2) is 72.4 Å². The van der Waals surface area contributed by atoms with Crippen molar-refractivity contribution in [3.05, 3.63) is 105 Å². The van der Waals surface area contributed by atoms with E-state index in [1.807, 2.05) is 6.92 Å². The van der Waals surface area contributed by atoms with Gasteiger partial charge in [0.25, 0.3) is 17.5 Å². The summed E-state index contributed by atoms with van der Waals surface area (Å²) in [4.78, 5) is 37.3. The SMILES string of the molecule is Cc1ccc(NC2=C(c3ccc([N+](=O)[O-])cc3)C(=O)N(c3cc(F)ccc3F)C2=O)cc1. The quantitative estimate of drug-likeness (QED) is 0.360. The number of hydrogen-bond donors (Lipinski definition) is 1. The van der Waals surface area contributed by atoms with Crippen molar-refractivity contribution in [2.45, 2.75) is 6.92 Å². The molecule has 0 atom stereocenters. The lowest BCUT2D eigenvalue weighted by molar-refractivity contribution is -0.384. The van der Waals surface area contributed by atoms with Gasteiger partial charge in [0.1, 0.15) is 17.3 Å². The van der Waals surface area contributed by atoms with Gasteiger partial charge in [0.15, 0.2) is 0 Å². The molecule has 1 heterocycles. The van der Waals surface area contributed by atoms with E-state index in [2.05, 4.69) is 5.32 Å². The number of hydrogen-bond acceptors (Lipinski definition) is 5. The molecule has 0 aromatic heterocycles. The summed E-state index contributed by atoms with van der Waals surface area (Å²) in [5.74, 6) is -3.54. The minimum Gasteiger partial charge on any atom is -0.350 e. The first-order valence-electron chi connectivity index (χ1n) is 9.43. The first-order valence-corrected chi connectivity index (χ1v) is 9.43. The molecule has 4 rings (SSSR count). The molecule has 0 fully saturated rings. The molecule has 0 radical (unpaired) electrons. The largest absolute Gasteiger partial charge is 0.350 e. The highest BCUT2D eigenvalue weighted by Gasteiger charge is 2.41. The maximum atomic E-state index is 14.4. The van der Waals surface area contributed by atoms with E-state index in [9.17, 15) is 28.5 Å². The molecule has 1 N–H and O–H groups in total. The van der Waals surface area contributed by atoms with Gasteiger partial charge in [0, 0.05) is 23.9 Å². The molecule has 0 spiro atoms. The number of nitro benzene ring substituents is 1. The lowest BCUT2D eigenvalue weighted by Crippen LogP contribution is -2.33. The molecule has 0 saturated heterocycles. The Hall–Kier alpha value is -4.40. The Morgan fingerprint density at radius 3 is 2.19 bits per heavy atom. The number of halogens is 2. The van der Waals surface area contributed by atoms with Crippen molar-refractivity contribution in [3.8, 4) is 0 Å². The van der Waals surface area contributed by atoms with Gasteiger partial charge in [-0.2, -0.15) is 0 Å². The molecule has 7 nitrogen and oxygen atoms in total. The Kier molecular flexibility index (Phi) is 5.23. The Labute approximate surface area is 180 Å². The Balaban J connectivity index is 1.84. The zero-order valence-corrected chi connectivity index (χ0v) is 16.6. The second-order valence-corrected chi connectivity index (χ2v) is 7.09. The van der Waals surface area contributed by atoms with E-state index in [0.717, 1.165) is 23.8 Å². The smallest absolute Gasteiger partial charge is 0.282 e. The van der Waals surface area contributed by atoms with E-state index in [0.29, 0.717) is 10.6 Å². The number of nitrogens with one attached hydrogen (secondary N) is 1. The van der Waals surface area contributed by atoms with Crippen LogP contribution in [0.1, 0.15) is 11.1 Å². The summed E-state index contributed by atoms with van der Waals surface area (Å²) in [6.07, 6.45) is 0.